The van der Waals surface area contributed by atoms with Gasteiger partial charge in [0.1, 0.15) is 0 Å². The Morgan fingerprint density at radius 3 is 2.27 bits per heavy atom. The second-order valence-corrected chi connectivity index (χ2v) is 9.37. The third-order valence-electron chi connectivity index (χ3n) is 6.07. The molecule has 6 rings (SSSR count). The van der Waals surface area contributed by atoms with Crippen molar-refractivity contribution < 1.29 is 0 Å². The number of aryl methyl sites for hydroxylation is 1. The van der Waals surface area contributed by atoms with E-state index >= 15 is 0 Å². The highest BCUT2D eigenvalue weighted by molar-refractivity contribution is 7.98. The monoisotopic (exact) mass is 502 g/mol. The van der Waals surface area contributed by atoms with Gasteiger partial charge in [-0.15, -0.1) is 20.4 Å². The summed E-state index contributed by atoms with van der Waals surface area (Å²) >= 11 is 1.66. The Hall–Kier alpha value is -4.63. The number of aromatic nitrogens is 8. The van der Waals surface area contributed by atoms with Crippen LogP contribution in [0.2, 0.25) is 0 Å². The van der Waals surface area contributed by atoms with Gasteiger partial charge in [0.15, 0.2) is 11.0 Å². The SMILES string of the molecule is Cc1ccccc1-n1c(SCc2ccc(-c3ccccc3-c3nn[nH]n3)cc2)nnc1-c1ccncc1. The molecule has 0 saturated carbocycles. The zero-order chi connectivity index (χ0) is 25.0. The molecule has 180 valence electrons. The molecule has 1 N–H and O–H groups in total. The lowest BCUT2D eigenvalue weighted by Crippen LogP contribution is -2.02. The first-order valence-electron chi connectivity index (χ1n) is 11.7. The summed E-state index contributed by atoms with van der Waals surface area (Å²) in [5.74, 6) is 2.14. The maximum absolute atomic E-state index is 4.56. The highest BCUT2D eigenvalue weighted by Gasteiger charge is 2.18. The third-order valence-corrected chi connectivity index (χ3v) is 7.07. The molecular formula is C28H22N8S. The zero-order valence-electron chi connectivity index (χ0n) is 20.0. The minimum absolute atomic E-state index is 0.579. The van der Waals surface area contributed by atoms with Gasteiger partial charge in [-0.25, -0.2) is 0 Å². The Labute approximate surface area is 217 Å². The number of aromatic amines is 1. The molecule has 0 atom stereocenters. The minimum Gasteiger partial charge on any atom is -0.270 e. The summed E-state index contributed by atoms with van der Waals surface area (Å²) in [4.78, 5) is 4.15. The smallest absolute Gasteiger partial charge is 0.205 e. The number of hydrogen-bond acceptors (Lipinski definition) is 7. The summed E-state index contributed by atoms with van der Waals surface area (Å²) in [6.45, 7) is 2.10. The topological polar surface area (TPSA) is 98.1 Å². The molecule has 6 aromatic rings. The number of pyridine rings is 1. The molecule has 3 aromatic heterocycles. The molecule has 3 aromatic carbocycles. The van der Waals surface area contributed by atoms with E-state index < -0.39 is 0 Å². The average Bonchev–Trinajstić information content (AvgIpc) is 3.64. The normalized spacial score (nSPS) is 11.1. The van der Waals surface area contributed by atoms with Crippen molar-refractivity contribution in [1.29, 1.82) is 0 Å². The lowest BCUT2D eigenvalue weighted by Gasteiger charge is -2.13. The van der Waals surface area contributed by atoms with Crippen LogP contribution in [-0.4, -0.2) is 40.4 Å². The van der Waals surface area contributed by atoms with Crippen LogP contribution in [0.3, 0.4) is 0 Å². The number of nitrogens with zero attached hydrogens (tertiary/aromatic N) is 7. The van der Waals surface area contributed by atoms with Crippen molar-refractivity contribution in [1.82, 2.24) is 40.4 Å². The van der Waals surface area contributed by atoms with Gasteiger partial charge in [-0.1, -0.05) is 78.5 Å². The van der Waals surface area contributed by atoms with E-state index in [1.807, 2.05) is 42.5 Å². The maximum Gasteiger partial charge on any atom is 0.205 e. The molecule has 0 amide bonds. The van der Waals surface area contributed by atoms with Crippen LogP contribution in [0.4, 0.5) is 0 Å². The van der Waals surface area contributed by atoms with Crippen molar-refractivity contribution >= 4 is 11.8 Å². The van der Waals surface area contributed by atoms with Crippen molar-refractivity contribution in [2.75, 3.05) is 0 Å². The Morgan fingerprint density at radius 2 is 1.51 bits per heavy atom. The van der Waals surface area contributed by atoms with Crippen LogP contribution in [0.1, 0.15) is 11.1 Å². The number of rotatable bonds is 7. The van der Waals surface area contributed by atoms with Crippen LogP contribution in [0, 0.1) is 6.92 Å². The maximum atomic E-state index is 4.56. The summed E-state index contributed by atoms with van der Waals surface area (Å²) in [6.07, 6.45) is 3.55. The number of hydrogen-bond donors (Lipinski definition) is 1. The standard InChI is InChI=1S/C28H22N8S/c1-19-6-2-5-9-25(19)36-27(22-14-16-29-17-15-22)32-33-28(36)37-18-20-10-12-21(13-11-20)23-7-3-4-8-24(23)26-30-34-35-31-26/h2-17H,18H2,1H3,(H,30,31,34,35). The van der Waals surface area contributed by atoms with Gasteiger partial charge in [-0.3, -0.25) is 9.55 Å². The Kier molecular flexibility index (Phi) is 6.26. The van der Waals surface area contributed by atoms with Crippen molar-refractivity contribution in [3.05, 3.63) is 108 Å². The third kappa shape index (κ3) is 4.64. The summed E-state index contributed by atoms with van der Waals surface area (Å²) in [6, 6.07) is 28.8. The zero-order valence-corrected chi connectivity index (χ0v) is 20.8. The van der Waals surface area contributed by atoms with E-state index in [0.717, 1.165) is 50.2 Å². The molecule has 37 heavy (non-hydrogen) atoms. The van der Waals surface area contributed by atoms with Gasteiger partial charge in [0.05, 0.1) is 5.69 Å². The first-order valence-corrected chi connectivity index (χ1v) is 12.7. The number of para-hydroxylation sites is 1. The number of H-pyrrole nitrogens is 1. The van der Waals surface area contributed by atoms with Crippen LogP contribution < -0.4 is 0 Å². The first-order chi connectivity index (χ1) is 18.3. The molecule has 0 fully saturated rings. The molecule has 9 heteroatoms. The molecule has 0 aliphatic heterocycles. The predicted molar refractivity (Wildman–Crippen MR) is 144 cm³/mol. The van der Waals surface area contributed by atoms with E-state index in [9.17, 15) is 0 Å². The summed E-state index contributed by atoms with van der Waals surface area (Å²) < 4.78 is 2.13. The fourth-order valence-corrected chi connectivity index (χ4v) is 5.12. The fourth-order valence-electron chi connectivity index (χ4n) is 4.22. The first kappa shape index (κ1) is 22.8. The highest BCUT2D eigenvalue weighted by Crippen LogP contribution is 2.33. The van der Waals surface area contributed by atoms with Gasteiger partial charge < -0.3 is 0 Å². The minimum atomic E-state index is 0.579. The molecule has 8 nitrogen and oxygen atoms in total. The van der Waals surface area contributed by atoms with Gasteiger partial charge in [-0.2, -0.15) is 5.21 Å². The van der Waals surface area contributed by atoms with Crippen LogP contribution in [0.15, 0.2) is 102 Å². The lowest BCUT2D eigenvalue weighted by molar-refractivity contribution is 0.880. The Balaban J connectivity index is 1.28. The van der Waals surface area contributed by atoms with Gasteiger partial charge in [0.2, 0.25) is 5.82 Å². The highest BCUT2D eigenvalue weighted by atomic mass is 32.2. The van der Waals surface area contributed by atoms with Crippen molar-refractivity contribution in [2.45, 2.75) is 17.8 Å². The summed E-state index contributed by atoms with van der Waals surface area (Å²) in [7, 11) is 0. The fraction of sp³-hybridized carbons (Fsp3) is 0.0714. The summed E-state index contributed by atoms with van der Waals surface area (Å²) in [5, 5.41) is 24.5. The van der Waals surface area contributed by atoms with Gasteiger partial charge in [0.25, 0.3) is 0 Å². The van der Waals surface area contributed by atoms with E-state index in [1.54, 1.807) is 24.2 Å². The molecule has 3 heterocycles. The van der Waals surface area contributed by atoms with Crippen LogP contribution >= 0.6 is 11.8 Å². The van der Waals surface area contributed by atoms with E-state index in [0.29, 0.717) is 5.82 Å². The predicted octanol–water partition coefficient (Wildman–Crippen LogP) is 5.78. The molecule has 0 aliphatic carbocycles. The van der Waals surface area contributed by atoms with Gasteiger partial charge >= 0.3 is 0 Å². The molecular weight excluding hydrogens is 480 g/mol. The Bertz CT molecular complexity index is 1630. The largest absolute Gasteiger partial charge is 0.270 e. The van der Waals surface area contributed by atoms with Gasteiger partial charge in [0, 0.05) is 29.3 Å². The number of tetrazole rings is 1. The summed E-state index contributed by atoms with van der Waals surface area (Å²) in [5.41, 5.74) is 7.48. The number of benzene rings is 3. The average molecular weight is 503 g/mol. The molecule has 0 bridgehead atoms. The second kappa shape index (κ2) is 10.2. The molecule has 0 unspecified atom stereocenters. The van der Waals surface area contributed by atoms with E-state index in [1.165, 1.54) is 5.56 Å². The number of nitrogens with one attached hydrogen (secondary N) is 1. The molecule has 0 spiro atoms. The van der Waals surface area contributed by atoms with Crippen molar-refractivity contribution in [3.63, 3.8) is 0 Å². The quantitative estimate of drug-likeness (QED) is 0.276. The van der Waals surface area contributed by atoms with Crippen molar-refractivity contribution in [2.24, 2.45) is 0 Å². The number of thioether (sulfide) groups is 1. The van der Waals surface area contributed by atoms with Crippen LogP contribution in [0.25, 0.3) is 39.6 Å². The van der Waals surface area contributed by atoms with Crippen LogP contribution in [-0.2, 0) is 5.75 Å². The lowest BCUT2D eigenvalue weighted by atomic mass is 9.98. The molecule has 0 saturated heterocycles. The van der Waals surface area contributed by atoms with E-state index in [-0.39, 0.29) is 0 Å². The van der Waals surface area contributed by atoms with Gasteiger partial charge in [-0.05, 0) is 52.6 Å². The van der Waals surface area contributed by atoms with E-state index in [4.69, 9.17) is 0 Å². The Morgan fingerprint density at radius 1 is 0.757 bits per heavy atom. The molecule has 0 radical (unpaired) electrons. The van der Waals surface area contributed by atoms with E-state index in [2.05, 4.69) is 89.8 Å². The van der Waals surface area contributed by atoms with Crippen LogP contribution in [0.5, 0.6) is 0 Å². The van der Waals surface area contributed by atoms with Crippen molar-refractivity contribution in [3.8, 4) is 39.6 Å². The second-order valence-electron chi connectivity index (χ2n) is 8.43. The molecule has 0 aliphatic rings.